The summed E-state index contributed by atoms with van der Waals surface area (Å²) < 4.78 is 1.83. The summed E-state index contributed by atoms with van der Waals surface area (Å²) in [6, 6.07) is 10.6. The van der Waals surface area contributed by atoms with Gasteiger partial charge in [-0.25, -0.2) is 0 Å². The number of nitrogens with two attached hydrogens (primary N) is 1. The van der Waals surface area contributed by atoms with Gasteiger partial charge >= 0.3 is 0 Å². The van der Waals surface area contributed by atoms with Crippen LogP contribution in [0.4, 0.5) is 0 Å². The van der Waals surface area contributed by atoms with Crippen molar-refractivity contribution < 1.29 is 0 Å². The molecule has 0 bridgehead atoms. The van der Waals surface area contributed by atoms with Crippen molar-refractivity contribution in [3.63, 3.8) is 0 Å². The highest BCUT2D eigenvalue weighted by molar-refractivity contribution is 5.21. The second kappa shape index (κ2) is 5.80. The van der Waals surface area contributed by atoms with Gasteiger partial charge in [-0.2, -0.15) is 5.10 Å². The number of aryl methyl sites for hydroxylation is 3. The standard InChI is InChI=1S/C14H20N4/c1-11-13(10-18(2)17-11)14(16-15)9-8-12-6-4-3-5-7-12/h3-7,10,14,16H,8-9,15H2,1-2H3. The number of benzene rings is 1. The lowest BCUT2D eigenvalue weighted by molar-refractivity contribution is 0.514. The Morgan fingerprint density at radius 1 is 1.33 bits per heavy atom. The van der Waals surface area contributed by atoms with Crippen LogP contribution in [0.3, 0.4) is 0 Å². The predicted molar refractivity (Wildman–Crippen MR) is 72.8 cm³/mol. The second-order valence-electron chi connectivity index (χ2n) is 4.59. The van der Waals surface area contributed by atoms with Crippen molar-refractivity contribution in [3.8, 4) is 0 Å². The Labute approximate surface area is 108 Å². The van der Waals surface area contributed by atoms with E-state index in [0.717, 1.165) is 18.5 Å². The first kappa shape index (κ1) is 12.8. The molecule has 1 heterocycles. The van der Waals surface area contributed by atoms with Crippen LogP contribution in [0.2, 0.25) is 0 Å². The average molecular weight is 244 g/mol. The van der Waals surface area contributed by atoms with Gasteiger partial charge < -0.3 is 0 Å². The first-order chi connectivity index (χ1) is 8.70. The maximum absolute atomic E-state index is 5.66. The Morgan fingerprint density at radius 3 is 2.61 bits per heavy atom. The van der Waals surface area contributed by atoms with Crippen molar-refractivity contribution in [2.75, 3.05) is 0 Å². The van der Waals surface area contributed by atoms with Crippen LogP contribution < -0.4 is 11.3 Å². The monoisotopic (exact) mass is 244 g/mol. The number of hydrogen-bond donors (Lipinski definition) is 2. The third-order valence-electron chi connectivity index (χ3n) is 3.19. The van der Waals surface area contributed by atoms with Gasteiger partial charge in [-0.15, -0.1) is 0 Å². The van der Waals surface area contributed by atoms with E-state index in [4.69, 9.17) is 5.84 Å². The van der Waals surface area contributed by atoms with Gasteiger partial charge in [-0.1, -0.05) is 30.3 Å². The van der Waals surface area contributed by atoms with Crippen LogP contribution in [-0.4, -0.2) is 9.78 Å². The Morgan fingerprint density at radius 2 is 2.06 bits per heavy atom. The van der Waals surface area contributed by atoms with E-state index >= 15 is 0 Å². The van der Waals surface area contributed by atoms with E-state index in [1.165, 1.54) is 11.1 Å². The van der Waals surface area contributed by atoms with Gasteiger partial charge in [0, 0.05) is 24.8 Å². The molecular weight excluding hydrogens is 224 g/mol. The third-order valence-corrected chi connectivity index (χ3v) is 3.19. The quantitative estimate of drug-likeness (QED) is 0.623. The summed E-state index contributed by atoms with van der Waals surface area (Å²) in [6.45, 7) is 2.02. The minimum atomic E-state index is 0.152. The van der Waals surface area contributed by atoms with E-state index in [1.54, 1.807) is 0 Å². The van der Waals surface area contributed by atoms with Crippen molar-refractivity contribution >= 4 is 0 Å². The number of aromatic nitrogens is 2. The molecular formula is C14H20N4. The molecule has 1 aromatic carbocycles. The third kappa shape index (κ3) is 2.97. The average Bonchev–Trinajstić information content (AvgIpc) is 2.71. The summed E-state index contributed by atoms with van der Waals surface area (Å²) in [7, 11) is 1.93. The van der Waals surface area contributed by atoms with Gasteiger partial charge in [-0.05, 0) is 25.3 Å². The maximum atomic E-state index is 5.66. The molecule has 1 atom stereocenters. The zero-order chi connectivity index (χ0) is 13.0. The van der Waals surface area contributed by atoms with Gasteiger partial charge in [0.1, 0.15) is 0 Å². The second-order valence-corrected chi connectivity index (χ2v) is 4.59. The number of rotatable bonds is 5. The van der Waals surface area contributed by atoms with Crippen LogP contribution in [-0.2, 0) is 13.5 Å². The molecule has 0 aliphatic heterocycles. The number of nitrogens with one attached hydrogen (secondary N) is 1. The fourth-order valence-electron chi connectivity index (χ4n) is 2.24. The van der Waals surface area contributed by atoms with Crippen LogP contribution in [0.1, 0.15) is 29.3 Å². The lowest BCUT2D eigenvalue weighted by Gasteiger charge is -2.15. The van der Waals surface area contributed by atoms with Crippen molar-refractivity contribution in [2.24, 2.45) is 12.9 Å². The SMILES string of the molecule is Cc1nn(C)cc1C(CCc1ccccc1)NN. The molecule has 0 aliphatic carbocycles. The normalized spacial score (nSPS) is 12.6. The van der Waals surface area contributed by atoms with Gasteiger partial charge in [0.05, 0.1) is 5.69 Å². The lowest BCUT2D eigenvalue weighted by Crippen LogP contribution is -2.28. The fraction of sp³-hybridized carbons (Fsp3) is 0.357. The molecule has 0 radical (unpaired) electrons. The molecule has 0 spiro atoms. The zero-order valence-electron chi connectivity index (χ0n) is 10.9. The summed E-state index contributed by atoms with van der Waals surface area (Å²) in [5, 5.41) is 4.36. The Kier molecular flexibility index (Phi) is 4.12. The lowest BCUT2D eigenvalue weighted by atomic mass is 10.0. The van der Waals surface area contributed by atoms with Crippen LogP contribution in [0.5, 0.6) is 0 Å². The highest BCUT2D eigenvalue weighted by Gasteiger charge is 2.14. The summed E-state index contributed by atoms with van der Waals surface area (Å²) in [4.78, 5) is 0. The largest absolute Gasteiger partial charge is 0.275 e. The van der Waals surface area contributed by atoms with Crippen molar-refractivity contribution in [2.45, 2.75) is 25.8 Å². The molecule has 18 heavy (non-hydrogen) atoms. The Balaban J connectivity index is 2.04. The molecule has 0 saturated heterocycles. The van der Waals surface area contributed by atoms with Crippen LogP contribution in [0, 0.1) is 6.92 Å². The maximum Gasteiger partial charge on any atom is 0.0641 e. The fourth-order valence-corrected chi connectivity index (χ4v) is 2.24. The number of hydrogen-bond acceptors (Lipinski definition) is 3. The highest BCUT2D eigenvalue weighted by atomic mass is 15.3. The number of hydrazine groups is 1. The van der Waals surface area contributed by atoms with E-state index in [2.05, 4.69) is 34.8 Å². The summed E-state index contributed by atoms with van der Waals surface area (Å²) in [5.41, 5.74) is 6.43. The van der Waals surface area contributed by atoms with Gasteiger partial charge in [0.2, 0.25) is 0 Å². The molecule has 3 N–H and O–H groups in total. The zero-order valence-corrected chi connectivity index (χ0v) is 10.9. The molecule has 4 heteroatoms. The number of nitrogens with zero attached hydrogens (tertiary/aromatic N) is 2. The van der Waals surface area contributed by atoms with Crippen molar-refractivity contribution in [3.05, 3.63) is 53.3 Å². The van der Waals surface area contributed by atoms with Gasteiger partial charge in [0.25, 0.3) is 0 Å². The molecule has 0 fully saturated rings. The topological polar surface area (TPSA) is 55.9 Å². The van der Waals surface area contributed by atoms with Crippen molar-refractivity contribution in [1.29, 1.82) is 0 Å². The summed E-state index contributed by atoms with van der Waals surface area (Å²) in [5.74, 6) is 5.66. The van der Waals surface area contributed by atoms with Crippen molar-refractivity contribution in [1.82, 2.24) is 15.2 Å². The molecule has 96 valence electrons. The van der Waals surface area contributed by atoms with Crippen LogP contribution in [0.25, 0.3) is 0 Å². The first-order valence-corrected chi connectivity index (χ1v) is 6.21. The van der Waals surface area contributed by atoms with Crippen LogP contribution >= 0.6 is 0 Å². The summed E-state index contributed by atoms with van der Waals surface area (Å²) in [6.07, 6.45) is 4.00. The molecule has 2 aromatic rings. The minimum absolute atomic E-state index is 0.152. The molecule has 4 nitrogen and oxygen atoms in total. The van der Waals surface area contributed by atoms with Gasteiger partial charge in [0.15, 0.2) is 0 Å². The minimum Gasteiger partial charge on any atom is -0.275 e. The van der Waals surface area contributed by atoms with E-state index in [1.807, 2.05) is 30.9 Å². The molecule has 0 amide bonds. The molecule has 2 rings (SSSR count). The first-order valence-electron chi connectivity index (χ1n) is 6.21. The molecule has 1 aromatic heterocycles. The Bertz CT molecular complexity index is 490. The smallest absolute Gasteiger partial charge is 0.0641 e. The van der Waals surface area contributed by atoms with Gasteiger partial charge in [-0.3, -0.25) is 16.0 Å². The van der Waals surface area contributed by atoms with E-state index < -0.39 is 0 Å². The van der Waals surface area contributed by atoms with E-state index in [-0.39, 0.29) is 6.04 Å². The van der Waals surface area contributed by atoms with Crippen LogP contribution in [0.15, 0.2) is 36.5 Å². The predicted octanol–water partition coefficient (Wildman–Crippen LogP) is 1.87. The summed E-state index contributed by atoms with van der Waals surface area (Å²) >= 11 is 0. The van der Waals surface area contributed by atoms with E-state index in [0.29, 0.717) is 0 Å². The Hall–Kier alpha value is -1.65. The highest BCUT2D eigenvalue weighted by Crippen LogP contribution is 2.20. The molecule has 0 saturated carbocycles. The molecule has 1 unspecified atom stereocenters. The molecule has 0 aliphatic rings. The van der Waals surface area contributed by atoms with E-state index in [9.17, 15) is 0 Å².